The Hall–Kier alpha value is -3.84. The van der Waals surface area contributed by atoms with Crippen molar-refractivity contribution >= 4 is 43.0 Å². The molecular weight excluding hydrogens is 591 g/mol. The van der Waals surface area contributed by atoms with E-state index in [-0.39, 0.29) is 34.0 Å². The number of carbonyl (C=O) groups excluding carboxylic acids is 1. The summed E-state index contributed by atoms with van der Waals surface area (Å²) in [7, 11) is -2.11. The molecule has 8 nitrogen and oxygen atoms in total. The lowest BCUT2D eigenvalue weighted by Crippen LogP contribution is -2.30. The number of likely N-dealkylation sites (tertiary alicyclic amines) is 1. The van der Waals surface area contributed by atoms with E-state index in [0.29, 0.717) is 32.7 Å². The Kier molecular flexibility index (Phi) is 7.60. The van der Waals surface area contributed by atoms with Crippen molar-refractivity contribution in [2.75, 3.05) is 23.6 Å². The molecule has 0 bridgehead atoms. The Balaban J connectivity index is 1.70. The van der Waals surface area contributed by atoms with Crippen molar-refractivity contribution in [3.63, 3.8) is 0 Å². The molecule has 1 saturated heterocycles. The average molecular weight is 620 g/mol. The van der Waals surface area contributed by atoms with Crippen LogP contribution in [-0.2, 0) is 17.1 Å². The summed E-state index contributed by atoms with van der Waals surface area (Å²) in [6.45, 7) is 4.09. The van der Waals surface area contributed by atoms with Crippen LogP contribution in [0.2, 0.25) is 0 Å². The Morgan fingerprint density at radius 2 is 1.81 bits per heavy atom. The molecule has 0 atom stereocenters. The first-order valence-electron chi connectivity index (χ1n) is 13.1. The number of fused-ring (bicyclic) bond motifs is 1. The summed E-state index contributed by atoms with van der Waals surface area (Å²) in [6.07, 6.45) is 1.12. The number of aryl methyl sites for hydroxylation is 3. The van der Waals surface area contributed by atoms with Crippen molar-refractivity contribution in [1.29, 1.82) is 0 Å². The Morgan fingerprint density at radius 3 is 2.43 bits per heavy atom. The van der Waals surface area contributed by atoms with Gasteiger partial charge in [-0.15, -0.1) is 11.3 Å². The number of pyridine rings is 1. The lowest BCUT2D eigenvalue weighted by atomic mass is 10.0. The van der Waals surface area contributed by atoms with E-state index in [1.54, 1.807) is 32.2 Å². The zero-order valence-electron chi connectivity index (χ0n) is 23.3. The van der Waals surface area contributed by atoms with Crippen LogP contribution in [0.15, 0.2) is 47.4 Å². The number of sulfonamides is 1. The van der Waals surface area contributed by atoms with Crippen LogP contribution >= 0.6 is 11.3 Å². The van der Waals surface area contributed by atoms with Gasteiger partial charge in [0.1, 0.15) is 17.3 Å². The average Bonchev–Trinajstić information content (AvgIpc) is 3.52. The predicted molar refractivity (Wildman–Crippen MR) is 157 cm³/mol. The molecular formula is C29H28F3N3O5S2. The normalized spacial score (nSPS) is 14.9. The number of nitrogens with one attached hydrogen (secondary N) is 1. The molecule has 1 fully saturated rings. The highest BCUT2D eigenvalue weighted by molar-refractivity contribution is 7.92. The van der Waals surface area contributed by atoms with Crippen LogP contribution in [0.5, 0.6) is 11.5 Å². The molecule has 3 heterocycles. The number of rotatable bonds is 7. The number of hydrogen-bond acceptors (Lipinski definition) is 6. The van der Waals surface area contributed by atoms with Crippen LogP contribution in [0.25, 0.3) is 21.2 Å². The van der Waals surface area contributed by atoms with E-state index < -0.39 is 46.2 Å². The molecule has 2 aromatic heterocycles. The van der Waals surface area contributed by atoms with Crippen molar-refractivity contribution in [1.82, 2.24) is 9.47 Å². The SMILES string of the molecule is CCS(=O)(=O)Nc1ccc(Oc2c(C)cc(F)cc2C)c(-c2cn(C)c(=O)c3cc(C(=O)N4CCC(F)(F)C4)sc23)c1. The Bertz CT molecular complexity index is 1880. The fraction of sp³-hybridized carbons (Fsp3) is 0.310. The van der Waals surface area contributed by atoms with Gasteiger partial charge in [0, 0.05) is 43.0 Å². The van der Waals surface area contributed by atoms with E-state index in [9.17, 15) is 31.2 Å². The molecule has 4 aromatic rings. The van der Waals surface area contributed by atoms with Crippen LogP contribution < -0.4 is 15.0 Å². The quantitative estimate of drug-likeness (QED) is 0.271. The number of ether oxygens (including phenoxy) is 1. The van der Waals surface area contributed by atoms with Gasteiger partial charge in [0.25, 0.3) is 17.4 Å². The molecule has 1 N–H and O–H groups in total. The molecule has 222 valence electrons. The van der Waals surface area contributed by atoms with Crippen molar-refractivity contribution < 1.29 is 31.1 Å². The maximum Gasteiger partial charge on any atom is 0.267 e. The summed E-state index contributed by atoms with van der Waals surface area (Å²) in [6, 6.07) is 8.70. The molecule has 42 heavy (non-hydrogen) atoms. The predicted octanol–water partition coefficient (Wildman–Crippen LogP) is 6.06. The topological polar surface area (TPSA) is 97.7 Å². The smallest absolute Gasteiger partial charge is 0.267 e. The third-order valence-corrected chi connectivity index (χ3v) is 9.54. The van der Waals surface area contributed by atoms with Gasteiger partial charge in [-0.25, -0.2) is 21.6 Å². The Labute approximate surface area is 244 Å². The van der Waals surface area contributed by atoms with Crippen molar-refractivity contribution in [3.8, 4) is 22.6 Å². The van der Waals surface area contributed by atoms with E-state index in [0.717, 1.165) is 16.2 Å². The summed E-state index contributed by atoms with van der Waals surface area (Å²) in [4.78, 5) is 27.5. The lowest BCUT2D eigenvalue weighted by molar-refractivity contribution is 0.0121. The molecule has 2 aromatic carbocycles. The van der Waals surface area contributed by atoms with Crippen LogP contribution in [-0.4, -0.2) is 48.6 Å². The van der Waals surface area contributed by atoms with Gasteiger partial charge < -0.3 is 14.2 Å². The highest BCUT2D eigenvalue weighted by atomic mass is 32.2. The van der Waals surface area contributed by atoms with Crippen molar-refractivity contribution in [2.24, 2.45) is 7.05 Å². The first kappa shape index (κ1) is 29.6. The summed E-state index contributed by atoms with van der Waals surface area (Å²) >= 11 is 0.990. The van der Waals surface area contributed by atoms with Gasteiger partial charge in [0.2, 0.25) is 10.0 Å². The largest absolute Gasteiger partial charge is 0.456 e. The number of halogens is 3. The summed E-state index contributed by atoms with van der Waals surface area (Å²) in [5.74, 6) is -3.47. The monoisotopic (exact) mass is 619 g/mol. The van der Waals surface area contributed by atoms with Gasteiger partial charge in [-0.3, -0.25) is 14.3 Å². The second-order valence-electron chi connectivity index (χ2n) is 10.3. The number of benzene rings is 2. The summed E-state index contributed by atoms with van der Waals surface area (Å²) < 4.78 is 76.9. The highest BCUT2D eigenvalue weighted by Crippen LogP contribution is 2.42. The van der Waals surface area contributed by atoms with Gasteiger partial charge in [-0.2, -0.15) is 0 Å². The number of amides is 1. The molecule has 1 aliphatic heterocycles. The van der Waals surface area contributed by atoms with Crippen LogP contribution in [0, 0.1) is 19.7 Å². The van der Waals surface area contributed by atoms with E-state index in [1.165, 1.54) is 42.8 Å². The van der Waals surface area contributed by atoms with E-state index in [2.05, 4.69) is 4.72 Å². The molecule has 0 saturated carbocycles. The summed E-state index contributed by atoms with van der Waals surface area (Å²) in [5, 5.41) is 0.203. The standard InChI is InChI=1S/C29H28F3N3O5S2/c1-5-42(38,39)33-19-6-7-23(40-25-16(2)10-18(30)11-17(25)3)20(12-19)22-14-34(4)27(36)21-13-24(41-26(21)22)28(37)35-9-8-29(31,32)15-35/h6-7,10-14,33H,5,8-9,15H2,1-4H3. The second kappa shape index (κ2) is 10.8. The minimum atomic E-state index is -3.64. The first-order valence-corrected chi connectivity index (χ1v) is 15.5. The molecule has 1 amide bonds. The number of anilines is 1. The van der Waals surface area contributed by atoms with Gasteiger partial charge >= 0.3 is 0 Å². The van der Waals surface area contributed by atoms with Crippen molar-refractivity contribution in [3.05, 3.63) is 74.8 Å². The van der Waals surface area contributed by atoms with Gasteiger partial charge in [-0.05, 0) is 68.3 Å². The molecule has 5 rings (SSSR count). The molecule has 0 aliphatic carbocycles. The van der Waals surface area contributed by atoms with E-state index in [1.807, 2.05) is 0 Å². The zero-order valence-corrected chi connectivity index (χ0v) is 24.9. The third kappa shape index (κ3) is 5.75. The number of nitrogens with zero attached hydrogens (tertiary/aromatic N) is 2. The summed E-state index contributed by atoms with van der Waals surface area (Å²) in [5.41, 5.74) is 1.75. The highest BCUT2D eigenvalue weighted by Gasteiger charge is 2.41. The number of aromatic nitrogens is 1. The zero-order chi connectivity index (χ0) is 30.6. The van der Waals surface area contributed by atoms with Gasteiger partial charge in [-0.1, -0.05) is 0 Å². The van der Waals surface area contributed by atoms with Crippen LogP contribution in [0.4, 0.5) is 18.9 Å². The maximum atomic E-state index is 14.0. The minimum absolute atomic E-state index is 0.0983. The number of carbonyl (C=O) groups is 1. The molecule has 0 unspecified atom stereocenters. The minimum Gasteiger partial charge on any atom is -0.456 e. The second-order valence-corrected chi connectivity index (χ2v) is 13.4. The van der Waals surface area contributed by atoms with Crippen LogP contribution in [0.3, 0.4) is 0 Å². The third-order valence-electron chi connectivity index (χ3n) is 7.08. The fourth-order valence-corrected chi connectivity index (χ4v) is 6.70. The maximum absolute atomic E-state index is 14.0. The fourth-order valence-electron chi connectivity index (χ4n) is 4.93. The van der Waals surface area contributed by atoms with Crippen molar-refractivity contribution in [2.45, 2.75) is 33.1 Å². The first-order chi connectivity index (χ1) is 19.7. The molecule has 1 aliphatic rings. The number of thiophene rings is 1. The molecule has 13 heteroatoms. The lowest BCUT2D eigenvalue weighted by Gasteiger charge is -2.18. The molecule has 0 spiro atoms. The van der Waals surface area contributed by atoms with E-state index >= 15 is 0 Å². The van der Waals surface area contributed by atoms with E-state index in [4.69, 9.17) is 4.74 Å². The molecule has 0 radical (unpaired) electrons. The van der Waals surface area contributed by atoms with Gasteiger partial charge in [0.05, 0.1) is 27.3 Å². The number of hydrogen-bond donors (Lipinski definition) is 1. The number of alkyl halides is 2. The Morgan fingerprint density at radius 1 is 1.12 bits per heavy atom. The van der Waals surface area contributed by atoms with Crippen LogP contribution in [0.1, 0.15) is 34.1 Å². The van der Waals surface area contributed by atoms with Gasteiger partial charge in [0.15, 0.2) is 0 Å².